The molecule has 0 unspecified atom stereocenters. The Hall–Kier alpha value is -1.04. The van der Waals surface area contributed by atoms with Crippen LogP contribution in [0.3, 0.4) is 0 Å². The quantitative estimate of drug-likeness (QED) is 0.833. The Morgan fingerprint density at radius 1 is 1.17 bits per heavy atom. The molecule has 1 heterocycles. The summed E-state index contributed by atoms with van der Waals surface area (Å²) < 4.78 is 2.07. The van der Waals surface area contributed by atoms with Gasteiger partial charge in [-0.2, -0.15) is 0 Å². The molecule has 0 radical (unpaired) electrons. The number of hydrogen-bond acceptors (Lipinski definition) is 4. The fourth-order valence-corrected chi connectivity index (χ4v) is 6.59. The summed E-state index contributed by atoms with van der Waals surface area (Å²) in [4.78, 5) is 12.6. The van der Waals surface area contributed by atoms with Gasteiger partial charge < -0.3 is 9.88 Å². The third-order valence-electron chi connectivity index (χ3n) is 6.59. The van der Waals surface area contributed by atoms with Gasteiger partial charge >= 0.3 is 0 Å². The van der Waals surface area contributed by atoms with Gasteiger partial charge in [-0.15, -0.1) is 10.2 Å². The smallest absolute Gasteiger partial charge is 0.230 e. The Kier molecular flexibility index (Phi) is 3.48. The normalized spacial score (nSPS) is 37.0. The molecule has 1 aromatic heterocycles. The molecule has 6 rings (SSSR count). The zero-order valence-corrected chi connectivity index (χ0v) is 15.1. The summed E-state index contributed by atoms with van der Waals surface area (Å²) in [5.41, 5.74) is 0.117. The number of thioether (sulfide) groups is 1. The lowest BCUT2D eigenvalue weighted by atomic mass is 9.53. The van der Waals surface area contributed by atoms with Gasteiger partial charge in [-0.3, -0.25) is 4.79 Å². The molecule has 1 N–H and O–H groups in total. The molecular formula is C18H26N4OS. The highest BCUT2D eigenvalue weighted by Gasteiger charge is 2.51. The van der Waals surface area contributed by atoms with Gasteiger partial charge in [0.1, 0.15) is 5.82 Å². The summed E-state index contributed by atoms with van der Waals surface area (Å²) in [6, 6.07) is 0. The van der Waals surface area contributed by atoms with Gasteiger partial charge in [-0.25, -0.2) is 0 Å². The number of carbonyl (C=O) groups excluding carboxylic acids is 1. The second kappa shape index (κ2) is 5.48. The summed E-state index contributed by atoms with van der Waals surface area (Å²) in [5.74, 6) is 4.91. The molecule has 1 aromatic rings. The summed E-state index contributed by atoms with van der Waals surface area (Å²) in [6.07, 6.45) is 10.3. The van der Waals surface area contributed by atoms with Crippen molar-refractivity contribution >= 4 is 17.7 Å². The van der Waals surface area contributed by atoms with Crippen LogP contribution in [-0.4, -0.2) is 32.0 Å². The molecule has 0 aromatic carbocycles. The zero-order chi connectivity index (χ0) is 16.3. The van der Waals surface area contributed by atoms with E-state index in [0.29, 0.717) is 11.7 Å². The highest BCUT2D eigenvalue weighted by molar-refractivity contribution is 7.99. The van der Waals surface area contributed by atoms with Crippen molar-refractivity contribution < 1.29 is 4.79 Å². The molecular weight excluding hydrogens is 320 g/mol. The minimum Gasteiger partial charge on any atom is -0.350 e. The van der Waals surface area contributed by atoms with Crippen LogP contribution in [0.15, 0.2) is 5.16 Å². The van der Waals surface area contributed by atoms with E-state index in [4.69, 9.17) is 0 Å². The second-order valence-corrected chi connectivity index (χ2v) is 9.65. The lowest BCUT2D eigenvalue weighted by molar-refractivity contribution is -0.124. The van der Waals surface area contributed by atoms with Gasteiger partial charge in [0.05, 0.1) is 5.75 Å². The van der Waals surface area contributed by atoms with Crippen molar-refractivity contribution in [1.82, 2.24) is 20.1 Å². The van der Waals surface area contributed by atoms with Crippen LogP contribution in [0, 0.1) is 17.8 Å². The minimum absolute atomic E-state index is 0.117. The molecule has 5 saturated carbocycles. The van der Waals surface area contributed by atoms with Crippen LogP contribution in [0.4, 0.5) is 0 Å². The van der Waals surface area contributed by atoms with Gasteiger partial charge in [0.15, 0.2) is 5.16 Å². The monoisotopic (exact) mass is 346 g/mol. The molecule has 0 aliphatic heterocycles. The SMILES string of the molecule is Cn1c(SCC(=O)NC23CC4CC(CC(C4)C2)C3)nnc1C1CC1. The molecule has 6 heteroatoms. The summed E-state index contributed by atoms with van der Waals surface area (Å²) >= 11 is 1.53. The van der Waals surface area contributed by atoms with Gasteiger partial charge in [0, 0.05) is 18.5 Å². The first-order valence-corrected chi connectivity index (χ1v) is 10.4. The number of rotatable bonds is 5. The average molecular weight is 347 g/mol. The van der Waals surface area contributed by atoms with Crippen LogP contribution in [0.25, 0.3) is 0 Å². The first-order valence-electron chi connectivity index (χ1n) is 9.43. The van der Waals surface area contributed by atoms with Gasteiger partial charge in [-0.1, -0.05) is 11.8 Å². The second-order valence-electron chi connectivity index (χ2n) is 8.71. The molecule has 0 spiro atoms. The lowest BCUT2D eigenvalue weighted by Gasteiger charge is -2.56. The van der Waals surface area contributed by atoms with Gasteiger partial charge in [0.2, 0.25) is 5.91 Å². The molecule has 130 valence electrons. The first kappa shape index (κ1) is 15.2. The lowest BCUT2D eigenvalue weighted by Crippen LogP contribution is -2.60. The predicted octanol–water partition coefficient (Wildman–Crippen LogP) is 2.87. The average Bonchev–Trinajstić information content (AvgIpc) is 3.27. The predicted molar refractivity (Wildman–Crippen MR) is 92.7 cm³/mol. The highest BCUT2D eigenvalue weighted by Crippen LogP contribution is 2.55. The van der Waals surface area contributed by atoms with E-state index in [0.717, 1.165) is 28.7 Å². The highest BCUT2D eigenvalue weighted by atomic mass is 32.2. The zero-order valence-electron chi connectivity index (χ0n) is 14.3. The van der Waals surface area contributed by atoms with E-state index in [9.17, 15) is 4.79 Å². The Morgan fingerprint density at radius 2 is 1.79 bits per heavy atom. The van der Waals surface area contributed by atoms with E-state index in [-0.39, 0.29) is 11.4 Å². The summed E-state index contributed by atoms with van der Waals surface area (Å²) in [7, 11) is 2.02. The fraction of sp³-hybridized carbons (Fsp3) is 0.833. The van der Waals surface area contributed by atoms with E-state index in [2.05, 4.69) is 20.1 Å². The molecule has 4 bridgehead atoms. The standard InChI is InChI=1S/C18H26N4OS/c1-22-16(14-2-3-14)20-21-17(22)24-10-15(23)19-18-7-11-4-12(8-18)6-13(5-11)9-18/h11-14H,2-10H2,1H3,(H,19,23). The molecule has 5 aliphatic rings. The van der Waals surface area contributed by atoms with E-state index >= 15 is 0 Å². The third kappa shape index (κ3) is 2.67. The molecule has 1 amide bonds. The summed E-state index contributed by atoms with van der Waals surface area (Å²) in [6.45, 7) is 0. The minimum atomic E-state index is 0.117. The van der Waals surface area contributed by atoms with Gasteiger partial charge in [-0.05, 0) is 69.1 Å². The third-order valence-corrected chi connectivity index (χ3v) is 7.61. The van der Waals surface area contributed by atoms with Gasteiger partial charge in [0.25, 0.3) is 0 Å². The maximum absolute atomic E-state index is 12.6. The largest absolute Gasteiger partial charge is 0.350 e. The number of amides is 1. The molecule has 5 fully saturated rings. The Balaban J connectivity index is 1.20. The maximum Gasteiger partial charge on any atom is 0.230 e. The maximum atomic E-state index is 12.6. The van der Waals surface area contributed by atoms with Crippen molar-refractivity contribution in [3.8, 4) is 0 Å². The van der Waals surface area contributed by atoms with Crippen LogP contribution in [0.1, 0.15) is 63.1 Å². The van der Waals surface area contributed by atoms with Crippen LogP contribution >= 0.6 is 11.8 Å². The van der Waals surface area contributed by atoms with Crippen LogP contribution in [0.2, 0.25) is 0 Å². The summed E-state index contributed by atoms with van der Waals surface area (Å²) in [5, 5.41) is 12.9. The van der Waals surface area contributed by atoms with Crippen molar-refractivity contribution in [1.29, 1.82) is 0 Å². The van der Waals surface area contributed by atoms with Crippen molar-refractivity contribution in [2.45, 2.75) is 68.0 Å². The fourth-order valence-electron chi connectivity index (χ4n) is 5.87. The van der Waals surface area contributed by atoms with Crippen LogP contribution in [-0.2, 0) is 11.8 Å². The van der Waals surface area contributed by atoms with Crippen molar-refractivity contribution in [3.63, 3.8) is 0 Å². The molecule has 5 nitrogen and oxygen atoms in total. The topological polar surface area (TPSA) is 59.8 Å². The Labute approximate surface area is 147 Å². The van der Waals surface area contributed by atoms with Crippen molar-refractivity contribution in [3.05, 3.63) is 5.82 Å². The Morgan fingerprint density at radius 3 is 2.38 bits per heavy atom. The number of hydrogen-bond donors (Lipinski definition) is 1. The van der Waals surface area contributed by atoms with E-state index in [1.807, 2.05) is 7.05 Å². The number of aromatic nitrogens is 3. The Bertz CT molecular complexity index is 631. The number of nitrogens with one attached hydrogen (secondary N) is 1. The first-order chi connectivity index (χ1) is 11.6. The number of carbonyl (C=O) groups is 1. The molecule has 0 saturated heterocycles. The van der Waals surface area contributed by atoms with Crippen molar-refractivity contribution in [2.75, 3.05) is 5.75 Å². The van der Waals surface area contributed by atoms with Crippen LogP contribution in [0.5, 0.6) is 0 Å². The van der Waals surface area contributed by atoms with Crippen LogP contribution < -0.4 is 5.32 Å². The molecule has 24 heavy (non-hydrogen) atoms. The van der Waals surface area contributed by atoms with E-state index in [1.54, 1.807) is 0 Å². The van der Waals surface area contributed by atoms with Crippen molar-refractivity contribution in [2.24, 2.45) is 24.8 Å². The number of nitrogens with zero attached hydrogens (tertiary/aromatic N) is 3. The van der Waals surface area contributed by atoms with E-state index < -0.39 is 0 Å². The molecule has 0 atom stereocenters. The molecule has 5 aliphatic carbocycles. The van der Waals surface area contributed by atoms with E-state index in [1.165, 1.54) is 63.1 Å².